The van der Waals surface area contributed by atoms with E-state index in [9.17, 15) is 8.42 Å². The predicted molar refractivity (Wildman–Crippen MR) is 48.7 cm³/mol. The van der Waals surface area contributed by atoms with Gasteiger partial charge in [-0.25, -0.2) is 0 Å². The molecule has 13 heavy (non-hydrogen) atoms. The lowest BCUT2D eigenvalue weighted by Crippen LogP contribution is -2.54. The quantitative estimate of drug-likeness (QED) is 0.670. The largest absolute Gasteiger partial charge is 0.294 e. The lowest BCUT2D eigenvalue weighted by molar-refractivity contribution is 0.207. The topological polar surface area (TPSA) is 55.4 Å². The van der Waals surface area contributed by atoms with Gasteiger partial charge in [-0.05, 0) is 12.8 Å². The standard InChI is InChI=1S/C8H15NO3S/c10-13(11)8(6-12-13)9-7-4-2-1-3-5-7/h7-9H,1-6H2. The van der Waals surface area contributed by atoms with Crippen LogP contribution in [0, 0.1) is 0 Å². The van der Waals surface area contributed by atoms with Crippen LogP contribution in [0.3, 0.4) is 0 Å². The Balaban J connectivity index is 1.84. The molecule has 1 saturated heterocycles. The number of hydrogen-bond acceptors (Lipinski definition) is 4. The van der Waals surface area contributed by atoms with Gasteiger partial charge < -0.3 is 0 Å². The summed E-state index contributed by atoms with van der Waals surface area (Å²) in [4.78, 5) is 0. The van der Waals surface area contributed by atoms with Crippen molar-refractivity contribution in [2.45, 2.75) is 43.5 Å². The van der Waals surface area contributed by atoms with Crippen molar-refractivity contribution in [2.24, 2.45) is 0 Å². The van der Waals surface area contributed by atoms with Crippen molar-refractivity contribution in [1.29, 1.82) is 0 Å². The van der Waals surface area contributed by atoms with Crippen LogP contribution >= 0.6 is 0 Å². The molecule has 2 rings (SSSR count). The Hall–Kier alpha value is -0.130. The molecule has 4 nitrogen and oxygen atoms in total. The van der Waals surface area contributed by atoms with Gasteiger partial charge in [-0.2, -0.15) is 8.42 Å². The highest BCUT2D eigenvalue weighted by molar-refractivity contribution is 7.88. The molecule has 0 spiro atoms. The SMILES string of the molecule is O=S1(=O)OCC1NC1CCCCC1. The zero-order valence-corrected chi connectivity index (χ0v) is 8.35. The first-order valence-corrected chi connectivity index (χ1v) is 6.30. The van der Waals surface area contributed by atoms with E-state index in [-0.39, 0.29) is 0 Å². The average molecular weight is 205 g/mol. The summed E-state index contributed by atoms with van der Waals surface area (Å²) in [5, 5.41) is 2.70. The van der Waals surface area contributed by atoms with Crippen molar-refractivity contribution in [2.75, 3.05) is 6.61 Å². The summed E-state index contributed by atoms with van der Waals surface area (Å²) in [5.74, 6) is 0. The summed E-state index contributed by atoms with van der Waals surface area (Å²) in [5.41, 5.74) is 0. The second kappa shape index (κ2) is 3.55. The summed E-state index contributed by atoms with van der Waals surface area (Å²) >= 11 is 0. The molecule has 1 heterocycles. The summed E-state index contributed by atoms with van der Waals surface area (Å²) in [6.07, 6.45) is 5.92. The van der Waals surface area contributed by atoms with E-state index in [1.54, 1.807) is 0 Å². The lowest BCUT2D eigenvalue weighted by atomic mass is 9.95. The molecule has 2 fully saturated rings. The molecule has 1 saturated carbocycles. The van der Waals surface area contributed by atoms with Crippen LogP contribution in [0.5, 0.6) is 0 Å². The van der Waals surface area contributed by atoms with Gasteiger partial charge in [0.05, 0.1) is 6.61 Å². The minimum Gasteiger partial charge on any atom is -0.294 e. The number of hydrogen-bond donors (Lipinski definition) is 1. The molecule has 76 valence electrons. The summed E-state index contributed by atoms with van der Waals surface area (Å²) in [7, 11) is -3.23. The van der Waals surface area contributed by atoms with Gasteiger partial charge in [-0.1, -0.05) is 19.3 Å². The van der Waals surface area contributed by atoms with E-state index in [0.29, 0.717) is 12.6 Å². The van der Waals surface area contributed by atoms with E-state index in [1.165, 1.54) is 19.3 Å². The van der Waals surface area contributed by atoms with Gasteiger partial charge in [-0.15, -0.1) is 0 Å². The first kappa shape index (κ1) is 9.43. The molecule has 0 aromatic carbocycles. The third-order valence-electron chi connectivity index (χ3n) is 2.76. The second-order valence-electron chi connectivity index (χ2n) is 3.77. The summed E-state index contributed by atoms with van der Waals surface area (Å²) in [6, 6.07) is 0.387. The monoisotopic (exact) mass is 205 g/mol. The highest BCUT2D eigenvalue weighted by Crippen LogP contribution is 2.21. The highest BCUT2D eigenvalue weighted by Gasteiger charge is 2.38. The Kier molecular flexibility index (Phi) is 2.58. The molecule has 1 aliphatic carbocycles. The summed E-state index contributed by atoms with van der Waals surface area (Å²) in [6.45, 7) is 0.318. The van der Waals surface area contributed by atoms with Crippen LogP contribution in [0.15, 0.2) is 0 Å². The molecule has 0 aromatic rings. The molecular formula is C8H15NO3S. The van der Waals surface area contributed by atoms with Gasteiger partial charge in [0, 0.05) is 6.04 Å². The van der Waals surface area contributed by atoms with E-state index >= 15 is 0 Å². The van der Waals surface area contributed by atoms with Gasteiger partial charge in [0.15, 0.2) is 5.37 Å². The minimum atomic E-state index is -3.23. The maximum absolute atomic E-state index is 11.0. The molecule has 0 bridgehead atoms. The minimum absolute atomic E-state index is 0.318. The zero-order chi connectivity index (χ0) is 9.31. The molecule has 1 aliphatic heterocycles. The fraction of sp³-hybridized carbons (Fsp3) is 1.00. The molecule has 0 amide bonds. The van der Waals surface area contributed by atoms with E-state index in [2.05, 4.69) is 9.50 Å². The molecule has 1 N–H and O–H groups in total. The Morgan fingerprint density at radius 3 is 2.31 bits per heavy atom. The normalized spacial score (nSPS) is 34.0. The van der Waals surface area contributed by atoms with Gasteiger partial charge in [0.2, 0.25) is 0 Å². The average Bonchev–Trinajstić information content (AvgIpc) is 2.15. The maximum atomic E-state index is 11.0. The van der Waals surface area contributed by atoms with Crippen molar-refractivity contribution in [1.82, 2.24) is 5.32 Å². The molecule has 5 heteroatoms. The van der Waals surface area contributed by atoms with Crippen molar-refractivity contribution >= 4 is 10.1 Å². The van der Waals surface area contributed by atoms with Crippen LogP contribution in [0.4, 0.5) is 0 Å². The van der Waals surface area contributed by atoms with Crippen LogP contribution in [0.2, 0.25) is 0 Å². The molecule has 0 radical (unpaired) electrons. The van der Waals surface area contributed by atoms with Crippen molar-refractivity contribution in [3.8, 4) is 0 Å². The molecule has 1 unspecified atom stereocenters. The van der Waals surface area contributed by atoms with Gasteiger partial charge >= 0.3 is 0 Å². The van der Waals surface area contributed by atoms with E-state index < -0.39 is 15.5 Å². The fourth-order valence-electron chi connectivity index (χ4n) is 1.91. The number of rotatable bonds is 2. The Morgan fingerprint density at radius 2 is 1.85 bits per heavy atom. The Labute approximate surface area is 78.8 Å². The van der Waals surface area contributed by atoms with Crippen molar-refractivity contribution in [3.05, 3.63) is 0 Å². The van der Waals surface area contributed by atoms with Crippen molar-refractivity contribution in [3.63, 3.8) is 0 Å². The van der Waals surface area contributed by atoms with Gasteiger partial charge in [0.25, 0.3) is 10.1 Å². The second-order valence-corrected chi connectivity index (χ2v) is 5.56. The Bertz CT molecular complexity index is 269. The number of nitrogens with one attached hydrogen (secondary N) is 1. The highest BCUT2D eigenvalue weighted by atomic mass is 32.2. The Morgan fingerprint density at radius 1 is 1.15 bits per heavy atom. The van der Waals surface area contributed by atoms with Gasteiger partial charge in [0.1, 0.15) is 0 Å². The first-order chi connectivity index (χ1) is 6.18. The first-order valence-electron chi connectivity index (χ1n) is 4.83. The molecule has 0 aromatic heterocycles. The van der Waals surface area contributed by atoms with Crippen LogP contribution in [0.25, 0.3) is 0 Å². The summed E-state index contributed by atoms with van der Waals surface area (Å²) < 4.78 is 26.5. The zero-order valence-electron chi connectivity index (χ0n) is 7.53. The third-order valence-corrected chi connectivity index (χ3v) is 4.19. The van der Waals surface area contributed by atoms with Crippen LogP contribution in [-0.4, -0.2) is 26.4 Å². The van der Waals surface area contributed by atoms with E-state index in [0.717, 1.165) is 12.8 Å². The smallest absolute Gasteiger partial charge is 0.286 e. The molecule has 1 atom stereocenters. The van der Waals surface area contributed by atoms with Gasteiger partial charge in [-0.3, -0.25) is 9.50 Å². The van der Waals surface area contributed by atoms with Crippen LogP contribution < -0.4 is 5.32 Å². The predicted octanol–water partition coefficient (Wildman–Crippen LogP) is 0.595. The van der Waals surface area contributed by atoms with Crippen LogP contribution in [0.1, 0.15) is 32.1 Å². The molecular weight excluding hydrogens is 190 g/mol. The van der Waals surface area contributed by atoms with E-state index in [1.807, 2.05) is 0 Å². The van der Waals surface area contributed by atoms with Crippen LogP contribution in [-0.2, 0) is 14.3 Å². The van der Waals surface area contributed by atoms with E-state index in [4.69, 9.17) is 0 Å². The lowest BCUT2D eigenvalue weighted by Gasteiger charge is -2.32. The maximum Gasteiger partial charge on any atom is 0.286 e. The molecule has 2 aliphatic rings. The third kappa shape index (κ3) is 2.03. The van der Waals surface area contributed by atoms with Crippen molar-refractivity contribution < 1.29 is 12.6 Å². The fourth-order valence-corrected chi connectivity index (χ4v) is 2.76.